The van der Waals surface area contributed by atoms with E-state index < -0.39 is 0 Å². The van der Waals surface area contributed by atoms with Gasteiger partial charge in [-0.1, -0.05) is 6.08 Å². The van der Waals surface area contributed by atoms with Crippen molar-refractivity contribution < 1.29 is 4.42 Å². The molecule has 2 heterocycles. The fourth-order valence-electron chi connectivity index (χ4n) is 2.10. The van der Waals surface area contributed by atoms with Crippen LogP contribution in [-0.2, 0) is 0 Å². The highest BCUT2D eigenvalue weighted by molar-refractivity contribution is 6.28. The van der Waals surface area contributed by atoms with Gasteiger partial charge in [-0.15, -0.1) is 31.4 Å². The van der Waals surface area contributed by atoms with Crippen LogP contribution in [-0.4, -0.2) is 31.1 Å². The first kappa shape index (κ1) is 17.8. The Hall–Kier alpha value is -0.190. The molecule has 1 fully saturated rings. The van der Waals surface area contributed by atoms with Crippen molar-refractivity contribution in [1.29, 1.82) is 0 Å². The van der Waals surface area contributed by atoms with Crippen LogP contribution in [0.4, 0.5) is 0 Å². The van der Waals surface area contributed by atoms with Gasteiger partial charge in [-0.25, -0.2) is 0 Å². The van der Waals surface area contributed by atoms with Gasteiger partial charge < -0.3 is 9.73 Å². The lowest BCUT2D eigenvalue weighted by molar-refractivity contribution is 0.156. The number of hydrogen-bond donors (Lipinski definition) is 1. The normalized spacial score (nSPS) is 17.4. The molecule has 0 aliphatic carbocycles. The Bertz CT molecular complexity index is 351. The summed E-state index contributed by atoms with van der Waals surface area (Å²) >= 11 is 5.82. The van der Waals surface area contributed by atoms with E-state index >= 15 is 0 Å². The second-order valence-electron chi connectivity index (χ2n) is 3.97. The molecule has 1 aliphatic rings. The minimum absolute atomic E-state index is 0. The molecular formula is C12H19Cl3N2O. The number of furan rings is 1. The van der Waals surface area contributed by atoms with E-state index in [1.165, 1.54) is 0 Å². The molecular weight excluding hydrogens is 295 g/mol. The summed E-state index contributed by atoms with van der Waals surface area (Å²) in [6, 6.07) is 4.03. The number of rotatable bonds is 4. The first-order valence-corrected chi connectivity index (χ1v) is 6.00. The molecule has 0 unspecified atom stereocenters. The second-order valence-corrected chi connectivity index (χ2v) is 4.34. The van der Waals surface area contributed by atoms with Crippen LogP contribution in [0.3, 0.4) is 0 Å². The summed E-state index contributed by atoms with van der Waals surface area (Å²) in [7, 11) is 0. The lowest BCUT2D eigenvalue weighted by Gasteiger charge is -2.33. The fourth-order valence-corrected chi connectivity index (χ4v) is 2.26. The molecule has 0 saturated carbocycles. The SMILES string of the molecule is C=CC[C@H](c1ccc(Cl)o1)N1CCNCC1.Cl.Cl. The van der Waals surface area contributed by atoms with Crippen LogP contribution in [0, 0.1) is 0 Å². The number of hydrogen-bond acceptors (Lipinski definition) is 3. The molecule has 0 aromatic carbocycles. The third-order valence-corrected chi connectivity index (χ3v) is 3.11. The number of piperazine rings is 1. The Morgan fingerprint density at radius 1 is 1.39 bits per heavy atom. The molecule has 1 N–H and O–H groups in total. The summed E-state index contributed by atoms with van der Waals surface area (Å²) in [4.78, 5) is 2.41. The summed E-state index contributed by atoms with van der Waals surface area (Å²) in [5, 5.41) is 3.80. The van der Waals surface area contributed by atoms with Crippen molar-refractivity contribution in [1.82, 2.24) is 10.2 Å². The lowest BCUT2D eigenvalue weighted by Crippen LogP contribution is -2.45. The molecule has 0 spiro atoms. The fraction of sp³-hybridized carbons (Fsp3) is 0.500. The maximum Gasteiger partial charge on any atom is 0.193 e. The Kier molecular flexibility index (Phi) is 8.74. The molecule has 3 nitrogen and oxygen atoms in total. The average molecular weight is 314 g/mol. The Morgan fingerprint density at radius 2 is 2.06 bits per heavy atom. The molecule has 0 radical (unpaired) electrons. The minimum atomic E-state index is 0. The van der Waals surface area contributed by atoms with Crippen molar-refractivity contribution in [2.45, 2.75) is 12.5 Å². The highest BCUT2D eigenvalue weighted by Crippen LogP contribution is 2.28. The predicted octanol–water partition coefficient (Wildman–Crippen LogP) is 3.30. The van der Waals surface area contributed by atoms with Gasteiger partial charge in [0.15, 0.2) is 5.22 Å². The highest BCUT2D eigenvalue weighted by atomic mass is 35.5. The summed E-state index contributed by atoms with van der Waals surface area (Å²) in [5.41, 5.74) is 0. The standard InChI is InChI=1S/C12H17ClN2O.2ClH/c1-2-3-10(11-4-5-12(13)16-11)15-8-6-14-7-9-15;;/h2,4-5,10,14H,1,3,6-9H2;2*1H/t10-;;/m1../s1. The van der Waals surface area contributed by atoms with Crippen LogP contribution in [0.5, 0.6) is 0 Å². The Labute approximate surface area is 125 Å². The average Bonchev–Trinajstić information content (AvgIpc) is 2.74. The van der Waals surface area contributed by atoms with E-state index in [1.807, 2.05) is 12.1 Å². The number of halogens is 3. The van der Waals surface area contributed by atoms with Gasteiger partial charge in [0.25, 0.3) is 0 Å². The molecule has 1 saturated heterocycles. The molecule has 0 amide bonds. The van der Waals surface area contributed by atoms with Gasteiger partial charge in [0.1, 0.15) is 5.76 Å². The smallest absolute Gasteiger partial charge is 0.193 e. The van der Waals surface area contributed by atoms with Gasteiger partial charge in [0.05, 0.1) is 6.04 Å². The summed E-state index contributed by atoms with van der Waals surface area (Å²) < 4.78 is 5.51. The topological polar surface area (TPSA) is 28.4 Å². The third kappa shape index (κ3) is 4.48. The van der Waals surface area contributed by atoms with E-state index in [-0.39, 0.29) is 30.9 Å². The Balaban J connectivity index is 0.00000144. The zero-order chi connectivity index (χ0) is 11.4. The molecule has 6 heteroatoms. The molecule has 1 atom stereocenters. The molecule has 1 aromatic heterocycles. The molecule has 104 valence electrons. The molecule has 2 rings (SSSR count). The largest absolute Gasteiger partial charge is 0.448 e. The van der Waals surface area contributed by atoms with Crippen molar-refractivity contribution in [3.8, 4) is 0 Å². The first-order chi connectivity index (χ1) is 7.81. The van der Waals surface area contributed by atoms with E-state index in [0.29, 0.717) is 5.22 Å². The van der Waals surface area contributed by atoms with Gasteiger partial charge in [-0.2, -0.15) is 0 Å². The van der Waals surface area contributed by atoms with Crippen molar-refractivity contribution in [2.24, 2.45) is 0 Å². The van der Waals surface area contributed by atoms with Gasteiger partial charge in [-0.05, 0) is 30.2 Å². The predicted molar refractivity (Wildman–Crippen MR) is 80.2 cm³/mol. The van der Waals surface area contributed by atoms with Gasteiger partial charge in [0, 0.05) is 26.2 Å². The van der Waals surface area contributed by atoms with Crippen LogP contribution in [0.15, 0.2) is 29.2 Å². The monoisotopic (exact) mass is 312 g/mol. The second kappa shape index (κ2) is 8.83. The van der Waals surface area contributed by atoms with E-state index in [4.69, 9.17) is 16.0 Å². The van der Waals surface area contributed by atoms with Crippen molar-refractivity contribution in [3.05, 3.63) is 35.8 Å². The maximum absolute atomic E-state index is 5.82. The van der Waals surface area contributed by atoms with E-state index in [2.05, 4.69) is 16.8 Å². The quantitative estimate of drug-likeness (QED) is 0.865. The summed E-state index contributed by atoms with van der Waals surface area (Å²) in [6.45, 7) is 7.95. The zero-order valence-electron chi connectivity index (χ0n) is 10.1. The maximum atomic E-state index is 5.82. The van der Waals surface area contributed by atoms with Gasteiger partial charge in [-0.3, -0.25) is 4.90 Å². The molecule has 18 heavy (non-hydrogen) atoms. The molecule has 1 aliphatic heterocycles. The van der Waals surface area contributed by atoms with E-state index in [9.17, 15) is 0 Å². The first-order valence-electron chi connectivity index (χ1n) is 5.62. The van der Waals surface area contributed by atoms with Gasteiger partial charge in [0.2, 0.25) is 0 Å². The minimum Gasteiger partial charge on any atom is -0.448 e. The van der Waals surface area contributed by atoms with E-state index in [0.717, 1.165) is 38.4 Å². The lowest BCUT2D eigenvalue weighted by atomic mass is 10.1. The van der Waals surface area contributed by atoms with Crippen molar-refractivity contribution in [3.63, 3.8) is 0 Å². The summed E-state index contributed by atoms with van der Waals surface area (Å²) in [6.07, 6.45) is 2.83. The number of nitrogens with one attached hydrogen (secondary N) is 1. The third-order valence-electron chi connectivity index (χ3n) is 2.90. The van der Waals surface area contributed by atoms with Crippen LogP contribution in [0.1, 0.15) is 18.2 Å². The van der Waals surface area contributed by atoms with E-state index in [1.54, 1.807) is 6.07 Å². The van der Waals surface area contributed by atoms with Crippen LogP contribution >= 0.6 is 36.4 Å². The molecule has 0 bridgehead atoms. The van der Waals surface area contributed by atoms with Gasteiger partial charge >= 0.3 is 0 Å². The van der Waals surface area contributed by atoms with Crippen LogP contribution in [0.2, 0.25) is 5.22 Å². The van der Waals surface area contributed by atoms with Crippen LogP contribution < -0.4 is 5.32 Å². The summed E-state index contributed by atoms with van der Waals surface area (Å²) in [5.74, 6) is 0.937. The number of nitrogens with zero attached hydrogens (tertiary/aromatic N) is 1. The zero-order valence-corrected chi connectivity index (χ0v) is 12.5. The van der Waals surface area contributed by atoms with Crippen LogP contribution in [0.25, 0.3) is 0 Å². The highest BCUT2D eigenvalue weighted by Gasteiger charge is 2.23. The molecule has 1 aromatic rings. The van der Waals surface area contributed by atoms with Crippen molar-refractivity contribution in [2.75, 3.05) is 26.2 Å². The van der Waals surface area contributed by atoms with Crippen molar-refractivity contribution >= 4 is 36.4 Å². The Morgan fingerprint density at radius 3 is 2.56 bits per heavy atom.